The van der Waals surface area contributed by atoms with E-state index in [0.29, 0.717) is 0 Å². The highest BCUT2D eigenvalue weighted by Crippen LogP contribution is 2.23. The Morgan fingerprint density at radius 1 is 1.21 bits per heavy atom. The van der Waals surface area contributed by atoms with Crippen LogP contribution in [0.1, 0.15) is 10.4 Å². The van der Waals surface area contributed by atoms with Gasteiger partial charge in [0, 0.05) is 18.7 Å². The number of benzene rings is 1. The molecular weight excluding hydrogens is 256 g/mol. The van der Waals surface area contributed by atoms with Crippen LogP contribution in [-0.4, -0.2) is 15.6 Å². The van der Waals surface area contributed by atoms with Crippen molar-refractivity contribution in [3.63, 3.8) is 0 Å². The Morgan fingerprint density at radius 3 is 2.53 bits per heavy atom. The standard InChI is InChI=1S/C13H9F2NO3/c1-16-11(4-7(13(18)19)5-12(16)17)9-6-8(14)2-3-10(9)15/h2-6H,1H3,(H,18,19). The van der Waals surface area contributed by atoms with Crippen molar-refractivity contribution in [3.05, 3.63) is 57.9 Å². The fourth-order valence-electron chi connectivity index (χ4n) is 1.71. The third kappa shape index (κ3) is 2.37. The SMILES string of the molecule is Cn1c(-c2cc(F)ccc2F)cc(C(=O)O)cc1=O. The van der Waals surface area contributed by atoms with E-state index in [1.54, 1.807) is 0 Å². The first kappa shape index (κ1) is 12.9. The van der Waals surface area contributed by atoms with Crippen LogP contribution in [0.25, 0.3) is 11.3 Å². The van der Waals surface area contributed by atoms with Crippen molar-refractivity contribution in [2.24, 2.45) is 7.05 Å². The van der Waals surface area contributed by atoms with Crippen LogP contribution in [0.15, 0.2) is 35.1 Å². The lowest BCUT2D eigenvalue weighted by atomic mass is 10.1. The van der Waals surface area contributed by atoms with Gasteiger partial charge in [0.05, 0.1) is 11.3 Å². The van der Waals surface area contributed by atoms with E-state index in [-0.39, 0.29) is 16.8 Å². The van der Waals surface area contributed by atoms with E-state index < -0.39 is 23.2 Å². The summed E-state index contributed by atoms with van der Waals surface area (Å²) in [5.41, 5.74) is -1.05. The molecule has 2 rings (SSSR count). The van der Waals surface area contributed by atoms with E-state index >= 15 is 0 Å². The van der Waals surface area contributed by atoms with Gasteiger partial charge in [-0.2, -0.15) is 0 Å². The van der Waals surface area contributed by atoms with Crippen molar-refractivity contribution in [1.82, 2.24) is 4.57 Å². The molecule has 1 N–H and O–H groups in total. The van der Waals surface area contributed by atoms with Gasteiger partial charge in [-0.05, 0) is 24.3 Å². The molecule has 0 aliphatic rings. The second-order valence-corrected chi connectivity index (χ2v) is 3.96. The molecule has 1 heterocycles. The van der Waals surface area contributed by atoms with Gasteiger partial charge in [-0.1, -0.05) is 0 Å². The molecule has 6 heteroatoms. The minimum Gasteiger partial charge on any atom is -0.478 e. The van der Waals surface area contributed by atoms with Crippen LogP contribution in [0.2, 0.25) is 0 Å². The summed E-state index contributed by atoms with van der Waals surface area (Å²) in [6.07, 6.45) is 0. The number of hydrogen-bond acceptors (Lipinski definition) is 2. The molecule has 0 saturated carbocycles. The molecule has 0 saturated heterocycles. The van der Waals surface area contributed by atoms with E-state index in [1.807, 2.05) is 0 Å². The lowest BCUT2D eigenvalue weighted by Gasteiger charge is -2.10. The Kier molecular flexibility index (Phi) is 3.16. The predicted molar refractivity (Wildman–Crippen MR) is 64.0 cm³/mol. The molecule has 1 aromatic heterocycles. The average molecular weight is 265 g/mol. The molecule has 4 nitrogen and oxygen atoms in total. The first-order valence-corrected chi connectivity index (χ1v) is 5.30. The number of carboxylic acid groups (broad SMARTS) is 1. The minimum atomic E-state index is -1.31. The second-order valence-electron chi connectivity index (χ2n) is 3.96. The number of halogens is 2. The Hall–Kier alpha value is -2.50. The van der Waals surface area contributed by atoms with Crippen molar-refractivity contribution in [2.75, 3.05) is 0 Å². The summed E-state index contributed by atoms with van der Waals surface area (Å²) in [6, 6.07) is 4.82. The normalized spacial score (nSPS) is 10.5. The molecule has 1 aromatic carbocycles. The van der Waals surface area contributed by atoms with Crippen LogP contribution in [0.3, 0.4) is 0 Å². The number of aromatic carboxylic acids is 1. The maximum Gasteiger partial charge on any atom is 0.335 e. The largest absolute Gasteiger partial charge is 0.478 e. The maximum absolute atomic E-state index is 13.7. The van der Waals surface area contributed by atoms with Crippen LogP contribution in [-0.2, 0) is 7.05 Å². The summed E-state index contributed by atoms with van der Waals surface area (Å²) in [5.74, 6) is -2.72. The molecule has 0 bridgehead atoms. The Balaban J connectivity index is 2.78. The minimum absolute atomic E-state index is 0.00176. The lowest BCUT2D eigenvalue weighted by Crippen LogP contribution is -2.20. The summed E-state index contributed by atoms with van der Waals surface area (Å²) in [4.78, 5) is 22.5. The van der Waals surface area contributed by atoms with Crippen molar-refractivity contribution >= 4 is 5.97 Å². The van der Waals surface area contributed by atoms with Gasteiger partial charge in [-0.25, -0.2) is 13.6 Å². The highest BCUT2D eigenvalue weighted by atomic mass is 19.1. The molecule has 98 valence electrons. The molecule has 0 unspecified atom stereocenters. The zero-order valence-corrected chi connectivity index (χ0v) is 9.85. The van der Waals surface area contributed by atoms with Crippen molar-refractivity contribution in [1.29, 1.82) is 0 Å². The second kappa shape index (κ2) is 4.64. The van der Waals surface area contributed by atoms with Crippen LogP contribution in [0.4, 0.5) is 8.78 Å². The van der Waals surface area contributed by atoms with E-state index in [0.717, 1.165) is 34.9 Å². The summed E-state index contributed by atoms with van der Waals surface area (Å²) in [6.45, 7) is 0. The smallest absolute Gasteiger partial charge is 0.335 e. The van der Waals surface area contributed by atoms with E-state index in [4.69, 9.17) is 5.11 Å². The number of carbonyl (C=O) groups is 1. The zero-order chi connectivity index (χ0) is 14.2. The van der Waals surface area contributed by atoms with Crippen molar-refractivity contribution in [2.45, 2.75) is 0 Å². The quantitative estimate of drug-likeness (QED) is 0.903. The number of aromatic nitrogens is 1. The average Bonchev–Trinajstić information content (AvgIpc) is 2.35. The van der Waals surface area contributed by atoms with Gasteiger partial charge in [-0.15, -0.1) is 0 Å². The molecule has 0 atom stereocenters. The highest BCUT2D eigenvalue weighted by molar-refractivity contribution is 5.88. The summed E-state index contributed by atoms with van der Waals surface area (Å²) in [5, 5.41) is 8.88. The molecular formula is C13H9F2NO3. The van der Waals surface area contributed by atoms with Gasteiger partial charge in [0.1, 0.15) is 11.6 Å². The number of rotatable bonds is 2. The van der Waals surface area contributed by atoms with E-state index in [1.165, 1.54) is 7.05 Å². The van der Waals surface area contributed by atoms with Gasteiger partial charge in [0.25, 0.3) is 5.56 Å². The van der Waals surface area contributed by atoms with Gasteiger partial charge >= 0.3 is 5.97 Å². The van der Waals surface area contributed by atoms with E-state index in [9.17, 15) is 18.4 Å². The van der Waals surface area contributed by atoms with Crippen LogP contribution < -0.4 is 5.56 Å². The first-order chi connectivity index (χ1) is 8.90. The van der Waals surface area contributed by atoms with E-state index in [2.05, 4.69) is 0 Å². The molecule has 0 spiro atoms. The highest BCUT2D eigenvalue weighted by Gasteiger charge is 2.14. The van der Waals surface area contributed by atoms with Gasteiger partial charge in [-0.3, -0.25) is 4.79 Å². The Labute approximate surface area is 106 Å². The number of nitrogens with zero attached hydrogens (tertiary/aromatic N) is 1. The topological polar surface area (TPSA) is 59.3 Å². The van der Waals surface area contributed by atoms with Crippen molar-refractivity contribution in [3.8, 4) is 11.3 Å². The van der Waals surface area contributed by atoms with Crippen molar-refractivity contribution < 1.29 is 18.7 Å². The predicted octanol–water partition coefficient (Wildman–Crippen LogP) is 2.03. The monoisotopic (exact) mass is 265 g/mol. The van der Waals surface area contributed by atoms with Gasteiger partial charge in [0.15, 0.2) is 0 Å². The molecule has 0 aliphatic carbocycles. The zero-order valence-electron chi connectivity index (χ0n) is 9.85. The maximum atomic E-state index is 13.7. The fourth-order valence-corrected chi connectivity index (χ4v) is 1.71. The molecule has 2 aromatic rings. The molecule has 19 heavy (non-hydrogen) atoms. The molecule has 0 radical (unpaired) electrons. The van der Waals surface area contributed by atoms with Crippen LogP contribution in [0, 0.1) is 11.6 Å². The summed E-state index contributed by atoms with van der Waals surface area (Å²) < 4.78 is 27.9. The number of hydrogen-bond donors (Lipinski definition) is 1. The van der Waals surface area contributed by atoms with Crippen LogP contribution >= 0.6 is 0 Å². The lowest BCUT2D eigenvalue weighted by molar-refractivity contribution is 0.0696. The molecule has 0 fully saturated rings. The first-order valence-electron chi connectivity index (χ1n) is 5.30. The molecule has 0 aliphatic heterocycles. The third-order valence-electron chi connectivity index (χ3n) is 2.71. The Bertz CT molecular complexity index is 722. The van der Waals surface area contributed by atoms with Gasteiger partial charge < -0.3 is 9.67 Å². The number of carboxylic acids is 1. The Morgan fingerprint density at radius 2 is 1.89 bits per heavy atom. The number of pyridine rings is 1. The van der Waals surface area contributed by atoms with Gasteiger partial charge in [0.2, 0.25) is 0 Å². The van der Waals surface area contributed by atoms with Crippen LogP contribution in [0.5, 0.6) is 0 Å². The third-order valence-corrected chi connectivity index (χ3v) is 2.71. The molecule has 0 amide bonds. The fraction of sp³-hybridized carbons (Fsp3) is 0.0769. The summed E-state index contributed by atoms with van der Waals surface area (Å²) in [7, 11) is 1.35. The summed E-state index contributed by atoms with van der Waals surface area (Å²) >= 11 is 0.